The normalized spacial score (nSPS) is 18.4. The maximum absolute atomic E-state index is 12.5. The van der Waals surface area contributed by atoms with Gasteiger partial charge in [0.2, 0.25) is 0 Å². The molecule has 0 spiro atoms. The highest BCUT2D eigenvalue weighted by molar-refractivity contribution is 6.21. The van der Waals surface area contributed by atoms with Gasteiger partial charge in [0.25, 0.3) is 0 Å². The second-order valence-electron chi connectivity index (χ2n) is 5.07. The van der Waals surface area contributed by atoms with Crippen molar-refractivity contribution in [1.82, 2.24) is 0 Å². The summed E-state index contributed by atoms with van der Waals surface area (Å²) < 4.78 is 9.90. The average molecular weight is 322 g/mol. The second-order valence-corrected chi connectivity index (χ2v) is 5.07. The number of nitrogens with zero attached hydrogens (tertiary/aromatic N) is 2. The molecule has 120 valence electrons. The van der Waals surface area contributed by atoms with Crippen LogP contribution in [0, 0.1) is 28.1 Å². The van der Waals surface area contributed by atoms with Gasteiger partial charge in [-0.3, -0.25) is 9.59 Å². The number of hydrogen-bond donors (Lipinski definition) is 0. The summed E-state index contributed by atoms with van der Waals surface area (Å²) in [5.41, 5.74) is -1.56. The van der Waals surface area contributed by atoms with Crippen molar-refractivity contribution in [3.63, 3.8) is 0 Å². The van der Waals surface area contributed by atoms with Crippen LogP contribution in [0.15, 0.2) is 42.0 Å². The Kier molecular flexibility index (Phi) is 4.81. The number of carbonyl (C=O) groups is 2. The van der Waals surface area contributed by atoms with Crippen LogP contribution < -0.4 is 4.74 Å². The smallest absolute Gasteiger partial charge is 0.324 e. The maximum Gasteiger partial charge on any atom is 0.324 e. The van der Waals surface area contributed by atoms with Crippen LogP contribution in [-0.2, 0) is 14.3 Å². The van der Waals surface area contributed by atoms with Gasteiger partial charge in [-0.2, -0.15) is 10.5 Å². The zero-order chi connectivity index (χ0) is 17.7. The van der Waals surface area contributed by atoms with E-state index in [2.05, 4.69) is 0 Å². The fourth-order valence-corrected chi connectivity index (χ4v) is 2.77. The van der Waals surface area contributed by atoms with Crippen molar-refractivity contribution in [2.45, 2.75) is 6.42 Å². The Bertz CT molecular complexity index is 806. The molecule has 1 aromatic rings. The summed E-state index contributed by atoms with van der Waals surface area (Å²) in [7, 11) is 2.67. The molecule has 1 aromatic carbocycles. The minimum absolute atomic E-state index is 0.0345. The molecular weight excluding hydrogens is 308 g/mol. The molecule has 1 aliphatic rings. The minimum Gasteiger partial charge on any atom is -0.497 e. The SMILES string of the molecule is COC(=O)C1(C(=C(C#N)C#N)c2ccc(OC)cc2)CC=CC1=O. The quantitative estimate of drug-likeness (QED) is 0.478. The van der Waals surface area contributed by atoms with Crippen LogP contribution in [0.4, 0.5) is 0 Å². The molecule has 0 bridgehead atoms. The number of allylic oxidation sites excluding steroid dienone is 3. The van der Waals surface area contributed by atoms with Crippen molar-refractivity contribution in [3.8, 4) is 17.9 Å². The molecule has 1 aliphatic carbocycles. The van der Waals surface area contributed by atoms with Crippen molar-refractivity contribution in [2.75, 3.05) is 14.2 Å². The molecule has 0 aromatic heterocycles. The summed E-state index contributed by atoms with van der Waals surface area (Å²) in [6.07, 6.45) is 2.84. The molecular formula is C18H14N2O4. The largest absolute Gasteiger partial charge is 0.497 e. The van der Waals surface area contributed by atoms with Crippen LogP contribution in [0.3, 0.4) is 0 Å². The first kappa shape index (κ1) is 17.0. The van der Waals surface area contributed by atoms with Gasteiger partial charge in [-0.15, -0.1) is 0 Å². The zero-order valence-electron chi connectivity index (χ0n) is 13.2. The predicted octanol–water partition coefficient (Wildman–Crippen LogP) is 2.18. The molecule has 2 rings (SSSR count). The van der Waals surface area contributed by atoms with Gasteiger partial charge in [0.15, 0.2) is 11.2 Å². The highest BCUT2D eigenvalue weighted by Crippen LogP contribution is 2.46. The molecule has 0 amide bonds. The number of ether oxygens (including phenoxy) is 2. The van der Waals surface area contributed by atoms with Crippen molar-refractivity contribution in [1.29, 1.82) is 10.5 Å². The summed E-state index contributed by atoms with van der Waals surface area (Å²) in [5, 5.41) is 18.7. The first-order valence-corrected chi connectivity index (χ1v) is 7.04. The maximum atomic E-state index is 12.5. The highest BCUT2D eigenvalue weighted by atomic mass is 16.5. The first-order chi connectivity index (χ1) is 11.5. The van der Waals surface area contributed by atoms with Crippen molar-refractivity contribution < 1.29 is 19.1 Å². The topological polar surface area (TPSA) is 100 Å². The van der Waals surface area contributed by atoms with Crippen molar-refractivity contribution >= 4 is 17.3 Å². The van der Waals surface area contributed by atoms with Crippen LogP contribution in [-0.4, -0.2) is 26.0 Å². The van der Waals surface area contributed by atoms with Gasteiger partial charge >= 0.3 is 5.97 Å². The Balaban J connectivity index is 2.78. The van der Waals surface area contributed by atoms with Gasteiger partial charge < -0.3 is 9.47 Å². The van der Waals surface area contributed by atoms with E-state index < -0.39 is 17.2 Å². The van der Waals surface area contributed by atoms with Gasteiger partial charge in [0, 0.05) is 5.57 Å². The number of rotatable bonds is 4. The van der Waals surface area contributed by atoms with Crippen molar-refractivity contribution in [3.05, 3.63) is 47.6 Å². The standard InChI is InChI=1S/C18H14N2O4/c1-23-14-7-5-12(6-8-14)16(13(10-19)11-20)18(17(22)24-2)9-3-4-15(18)21/h3-8H,9H2,1-2H3. The van der Waals surface area contributed by atoms with Crippen LogP contribution in [0.25, 0.3) is 5.57 Å². The number of methoxy groups -OCH3 is 2. The van der Waals surface area contributed by atoms with Gasteiger partial charge in [0.1, 0.15) is 23.5 Å². The minimum atomic E-state index is -1.72. The Morgan fingerprint density at radius 1 is 1.17 bits per heavy atom. The molecule has 0 fully saturated rings. The van der Waals surface area contributed by atoms with E-state index in [0.29, 0.717) is 11.3 Å². The third kappa shape index (κ3) is 2.55. The molecule has 6 heteroatoms. The lowest BCUT2D eigenvalue weighted by Gasteiger charge is -2.28. The number of ketones is 1. The van der Waals surface area contributed by atoms with Crippen molar-refractivity contribution in [2.24, 2.45) is 5.41 Å². The molecule has 24 heavy (non-hydrogen) atoms. The predicted molar refractivity (Wildman–Crippen MR) is 84.4 cm³/mol. The summed E-state index contributed by atoms with van der Waals surface area (Å²) in [5.74, 6) is -0.744. The van der Waals surface area contributed by atoms with E-state index in [1.54, 1.807) is 36.4 Å². The molecule has 0 radical (unpaired) electrons. The number of hydrogen-bond acceptors (Lipinski definition) is 6. The molecule has 0 aliphatic heterocycles. The zero-order valence-corrected chi connectivity index (χ0v) is 13.2. The third-order valence-corrected chi connectivity index (χ3v) is 3.93. The monoisotopic (exact) mass is 322 g/mol. The molecule has 1 atom stereocenters. The number of nitriles is 2. The number of benzene rings is 1. The molecule has 1 unspecified atom stereocenters. The van der Waals surface area contributed by atoms with Gasteiger partial charge in [-0.1, -0.05) is 18.2 Å². The van der Waals surface area contributed by atoms with E-state index >= 15 is 0 Å². The molecule has 6 nitrogen and oxygen atoms in total. The van der Waals surface area contributed by atoms with Gasteiger partial charge in [-0.25, -0.2) is 0 Å². The van der Waals surface area contributed by atoms with E-state index in [1.807, 2.05) is 0 Å². The van der Waals surface area contributed by atoms with E-state index in [0.717, 1.165) is 0 Å². The van der Waals surface area contributed by atoms with Crippen LogP contribution in [0.1, 0.15) is 12.0 Å². The Labute approximate surface area is 139 Å². The third-order valence-electron chi connectivity index (χ3n) is 3.93. The fourth-order valence-electron chi connectivity index (χ4n) is 2.77. The summed E-state index contributed by atoms with van der Waals surface area (Å²) in [6.45, 7) is 0. The van der Waals surface area contributed by atoms with Crippen LogP contribution >= 0.6 is 0 Å². The van der Waals surface area contributed by atoms with Crippen LogP contribution in [0.2, 0.25) is 0 Å². The first-order valence-electron chi connectivity index (χ1n) is 7.04. The van der Waals surface area contributed by atoms with Crippen LogP contribution in [0.5, 0.6) is 5.75 Å². The number of carbonyl (C=O) groups excluding carboxylic acids is 2. The van der Waals surface area contributed by atoms with Gasteiger partial charge in [-0.05, 0) is 30.2 Å². The molecule has 0 N–H and O–H groups in total. The van der Waals surface area contributed by atoms with E-state index in [-0.39, 0.29) is 17.6 Å². The summed E-state index contributed by atoms with van der Waals surface area (Å²) in [4.78, 5) is 25.0. The Morgan fingerprint density at radius 2 is 1.79 bits per heavy atom. The Hall–Kier alpha value is -3.38. The van der Waals surface area contributed by atoms with E-state index in [4.69, 9.17) is 9.47 Å². The fraction of sp³-hybridized carbons (Fsp3) is 0.222. The highest BCUT2D eigenvalue weighted by Gasteiger charge is 2.52. The summed E-state index contributed by atoms with van der Waals surface area (Å²) in [6, 6.07) is 10.0. The Morgan fingerprint density at radius 3 is 2.21 bits per heavy atom. The lowest BCUT2D eigenvalue weighted by molar-refractivity contribution is -0.151. The lowest BCUT2D eigenvalue weighted by Crippen LogP contribution is -2.38. The van der Waals surface area contributed by atoms with E-state index in [1.165, 1.54) is 26.4 Å². The van der Waals surface area contributed by atoms with E-state index in [9.17, 15) is 20.1 Å². The molecule has 0 saturated heterocycles. The average Bonchev–Trinajstić information content (AvgIpc) is 3.01. The number of esters is 1. The summed E-state index contributed by atoms with van der Waals surface area (Å²) >= 11 is 0. The van der Waals surface area contributed by atoms with Gasteiger partial charge in [0.05, 0.1) is 14.2 Å². The lowest BCUT2D eigenvalue weighted by atomic mass is 9.72. The molecule has 0 heterocycles. The second kappa shape index (κ2) is 6.80. The molecule has 0 saturated carbocycles.